The highest BCUT2D eigenvalue weighted by atomic mass is 32.2. The van der Waals surface area contributed by atoms with Gasteiger partial charge in [-0.2, -0.15) is 16.9 Å². The summed E-state index contributed by atoms with van der Waals surface area (Å²) in [5, 5.41) is 4.25. The summed E-state index contributed by atoms with van der Waals surface area (Å²) < 4.78 is 1.76. The molecule has 6 heteroatoms. The van der Waals surface area contributed by atoms with E-state index in [-0.39, 0.29) is 10.7 Å². The largest absolute Gasteiger partial charge is 0.341 e. The SMILES string of the molecule is CSC(C)(C)[C@H](N)C(=O)N1CCC(Cn2cccn2)CC1. The maximum atomic E-state index is 12.5. The third-order valence-corrected chi connectivity index (χ3v) is 5.78. The Labute approximate surface area is 131 Å². The first-order valence-corrected chi connectivity index (χ1v) is 8.73. The van der Waals surface area contributed by atoms with Crippen molar-refractivity contribution in [2.24, 2.45) is 11.7 Å². The first-order chi connectivity index (χ1) is 9.94. The number of amides is 1. The van der Waals surface area contributed by atoms with Gasteiger partial charge in [-0.05, 0) is 44.9 Å². The number of thioether (sulfide) groups is 1. The minimum Gasteiger partial charge on any atom is -0.341 e. The van der Waals surface area contributed by atoms with Crippen LogP contribution in [0.1, 0.15) is 26.7 Å². The molecule has 0 spiro atoms. The lowest BCUT2D eigenvalue weighted by atomic mass is 9.95. The van der Waals surface area contributed by atoms with Crippen molar-refractivity contribution in [1.82, 2.24) is 14.7 Å². The molecule has 0 aromatic carbocycles. The molecule has 1 aromatic rings. The molecular weight excluding hydrogens is 284 g/mol. The summed E-state index contributed by atoms with van der Waals surface area (Å²) in [6.07, 6.45) is 7.86. The van der Waals surface area contributed by atoms with E-state index in [0.29, 0.717) is 5.92 Å². The van der Waals surface area contributed by atoms with Gasteiger partial charge < -0.3 is 10.6 Å². The highest BCUT2D eigenvalue weighted by molar-refractivity contribution is 8.00. The molecular formula is C15H26N4OS. The lowest BCUT2D eigenvalue weighted by Gasteiger charge is -2.37. The molecule has 2 heterocycles. The van der Waals surface area contributed by atoms with Crippen LogP contribution in [-0.2, 0) is 11.3 Å². The Kier molecular flexibility index (Phi) is 5.32. The number of nitrogens with zero attached hydrogens (tertiary/aromatic N) is 3. The Bertz CT molecular complexity index is 452. The fourth-order valence-corrected chi connectivity index (χ4v) is 2.98. The molecule has 1 fully saturated rings. The van der Waals surface area contributed by atoms with E-state index in [1.165, 1.54) is 0 Å². The van der Waals surface area contributed by atoms with Gasteiger partial charge in [0.1, 0.15) is 0 Å². The Morgan fingerprint density at radius 3 is 2.67 bits per heavy atom. The van der Waals surface area contributed by atoms with Crippen LogP contribution in [0.2, 0.25) is 0 Å². The highest BCUT2D eigenvalue weighted by Gasteiger charge is 2.35. The van der Waals surface area contributed by atoms with Gasteiger partial charge in [0.25, 0.3) is 0 Å². The zero-order chi connectivity index (χ0) is 15.5. The van der Waals surface area contributed by atoms with E-state index >= 15 is 0 Å². The maximum Gasteiger partial charge on any atom is 0.240 e. The first kappa shape index (κ1) is 16.4. The van der Waals surface area contributed by atoms with E-state index < -0.39 is 6.04 Å². The summed E-state index contributed by atoms with van der Waals surface area (Å²) in [5.74, 6) is 0.686. The van der Waals surface area contributed by atoms with Crippen LogP contribution in [0, 0.1) is 5.92 Å². The smallest absolute Gasteiger partial charge is 0.240 e. The van der Waals surface area contributed by atoms with Gasteiger partial charge in [-0.25, -0.2) is 0 Å². The predicted octanol–water partition coefficient (Wildman–Crippen LogP) is 1.59. The van der Waals surface area contributed by atoms with E-state index in [9.17, 15) is 4.79 Å². The van der Waals surface area contributed by atoms with Gasteiger partial charge in [-0.3, -0.25) is 9.48 Å². The number of nitrogens with two attached hydrogens (primary N) is 1. The Balaban J connectivity index is 1.84. The summed E-state index contributed by atoms with van der Waals surface area (Å²) in [4.78, 5) is 14.4. The number of hydrogen-bond acceptors (Lipinski definition) is 4. The van der Waals surface area contributed by atoms with Crippen LogP contribution in [0.4, 0.5) is 0 Å². The molecule has 1 aliphatic heterocycles. The third kappa shape index (κ3) is 4.01. The van der Waals surface area contributed by atoms with Crippen LogP contribution < -0.4 is 5.73 Å². The fraction of sp³-hybridized carbons (Fsp3) is 0.733. The van der Waals surface area contributed by atoms with Crippen LogP contribution in [0.5, 0.6) is 0 Å². The average molecular weight is 310 g/mol. The van der Waals surface area contributed by atoms with Crippen LogP contribution in [0.25, 0.3) is 0 Å². The second-order valence-electron chi connectivity index (χ2n) is 6.28. The molecule has 0 radical (unpaired) electrons. The van der Waals surface area contributed by atoms with Crippen LogP contribution in [-0.4, -0.2) is 50.7 Å². The average Bonchev–Trinajstić information content (AvgIpc) is 2.99. The molecule has 0 bridgehead atoms. The Morgan fingerprint density at radius 2 is 2.14 bits per heavy atom. The third-order valence-electron chi connectivity index (χ3n) is 4.47. The minimum atomic E-state index is -0.435. The lowest BCUT2D eigenvalue weighted by molar-refractivity contribution is -0.134. The summed E-state index contributed by atoms with van der Waals surface area (Å²) in [6, 6.07) is 1.51. The van der Waals surface area contributed by atoms with Gasteiger partial charge in [-0.15, -0.1) is 0 Å². The number of rotatable bonds is 5. The number of hydrogen-bond donors (Lipinski definition) is 1. The van der Waals surface area contributed by atoms with Crippen molar-refractivity contribution in [3.63, 3.8) is 0 Å². The quantitative estimate of drug-likeness (QED) is 0.897. The Morgan fingerprint density at radius 1 is 1.48 bits per heavy atom. The number of piperidine rings is 1. The zero-order valence-corrected chi connectivity index (χ0v) is 14.0. The van der Waals surface area contributed by atoms with E-state index in [0.717, 1.165) is 32.5 Å². The standard InChI is InChI=1S/C15H26N4OS/c1-15(2,21-3)13(16)14(20)18-9-5-12(6-10-18)11-19-8-4-7-17-19/h4,7-8,12-13H,5-6,9-11,16H2,1-3H3/t13-/m1/s1. The van der Waals surface area contributed by atoms with Gasteiger partial charge >= 0.3 is 0 Å². The molecule has 2 rings (SSSR count). The molecule has 1 aromatic heterocycles. The maximum absolute atomic E-state index is 12.5. The van der Waals surface area contributed by atoms with Crippen molar-refractivity contribution >= 4 is 17.7 Å². The molecule has 2 N–H and O–H groups in total. The number of carbonyl (C=O) groups excluding carboxylic acids is 1. The van der Waals surface area contributed by atoms with Crippen molar-refractivity contribution in [3.05, 3.63) is 18.5 Å². The van der Waals surface area contributed by atoms with Gasteiger partial charge in [0.15, 0.2) is 0 Å². The van der Waals surface area contributed by atoms with E-state index in [2.05, 4.69) is 5.10 Å². The topological polar surface area (TPSA) is 64.2 Å². The van der Waals surface area contributed by atoms with Gasteiger partial charge in [0.2, 0.25) is 5.91 Å². The molecule has 21 heavy (non-hydrogen) atoms. The zero-order valence-electron chi connectivity index (χ0n) is 13.2. The number of carbonyl (C=O) groups is 1. The molecule has 118 valence electrons. The van der Waals surface area contributed by atoms with Crippen LogP contribution >= 0.6 is 11.8 Å². The molecule has 0 unspecified atom stereocenters. The molecule has 1 aliphatic rings. The molecule has 1 saturated heterocycles. The normalized spacial score (nSPS) is 18.8. The minimum absolute atomic E-state index is 0.0897. The van der Waals surface area contributed by atoms with E-state index in [1.807, 2.05) is 48.1 Å². The number of aromatic nitrogens is 2. The van der Waals surface area contributed by atoms with E-state index in [4.69, 9.17) is 5.73 Å². The molecule has 5 nitrogen and oxygen atoms in total. The summed E-state index contributed by atoms with van der Waals surface area (Å²) >= 11 is 1.65. The van der Waals surface area contributed by atoms with Gasteiger partial charge in [0, 0.05) is 36.8 Å². The Hall–Kier alpha value is -1.01. The summed E-state index contributed by atoms with van der Waals surface area (Å²) in [5.41, 5.74) is 6.15. The number of likely N-dealkylation sites (tertiary alicyclic amines) is 1. The van der Waals surface area contributed by atoms with Crippen molar-refractivity contribution in [2.45, 2.75) is 44.0 Å². The summed E-state index contributed by atoms with van der Waals surface area (Å²) in [6.45, 7) is 6.62. The molecule has 0 saturated carbocycles. The second kappa shape index (κ2) is 6.83. The van der Waals surface area contributed by atoms with Gasteiger partial charge in [0.05, 0.1) is 6.04 Å². The van der Waals surface area contributed by atoms with Crippen molar-refractivity contribution in [3.8, 4) is 0 Å². The van der Waals surface area contributed by atoms with Crippen LogP contribution in [0.3, 0.4) is 0 Å². The van der Waals surface area contributed by atoms with E-state index in [1.54, 1.807) is 11.8 Å². The lowest BCUT2D eigenvalue weighted by Crippen LogP contribution is -2.54. The molecule has 1 amide bonds. The van der Waals surface area contributed by atoms with Gasteiger partial charge in [-0.1, -0.05) is 0 Å². The van der Waals surface area contributed by atoms with Crippen molar-refractivity contribution in [2.75, 3.05) is 19.3 Å². The monoisotopic (exact) mass is 310 g/mol. The van der Waals surface area contributed by atoms with Crippen molar-refractivity contribution in [1.29, 1.82) is 0 Å². The fourth-order valence-electron chi connectivity index (χ4n) is 2.63. The van der Waals surface area contributed by atoms with Crippen molar-refractivity contribution < 1.29 is 4.79 Å². The first-order valence-electron chi connectivity index (χ1n) is 7.51. The summed E-state index contributed by atoms with van der Waals surface area (Å²) in [7, 11) is 0. The predicted molar refractivity (Wildman–Crippen MR) is 87.1 cm³/mol. The van der Waals surface area contributed by atoms with Crippen LogP contribution in [0.15, 0.2) is 18.5 Å². The molecule has 1 atom stereocenters. The highest BCUT2D eigenvalue weighted by Crippen LogP contribution is 2.27. The molecule has 0 aliphatic carbocycles. The second-order valence-corrected chi connectivity index (χ2v) is 7.74.